The number of nitrogens with zero attached hydrogens (tertiary/aromatic N) is 3. The number of morpholine rings is 1. The summed E-state index contributed by atoms with van der Waals surface area (Å²) in [4.78, 5) is 11.5. The highest BCUT2D eigenvalue weighted by Crippen LogP contribution is 2.28. The van der Waals surface area contributed by atoms with Crippen LogP contribution in [0.5, 0.6) is 0 Å². The lowest BCUT2D eigenvalue weighted by atomic mass is 10.1. The van der Waals surface area contributed by atoms with E-state index in [0.717, 1.165) is 48.3 Å². The lowest BCUT2D eigenvalue weighted by Crippen LogP contribution is -2.36. The predicted molar refractivity (Wildman–Crippen MR) is 109 cm³/mol. The van der Waals surface area contributed by atoms with Crippen LogP contribution in [0.3, 0.4) is 0 Å². The summed E-state index contributed by atoms with van der Waals surface area (Å²) in [5.74, 6) is 0. The molecule has 5 heteroatoms. The minimum Gasteiger partial charge on any atom is -0.378 e. The Bertz CT molecular complexity index is 878. The number of rotatable bonds is 4. The smallest absolute Gasteiger partial charge is 0.209 e. The molecular weight excluding hydrogens is 342 g/mol. The number of aliphatic imine (C=N–C) groups is 1. The van der Waals surface area contributed by atoms with Crippen molar-refractivity contribution in [1.82, 2.24) is 4.98 Å². The third-order valence-corrected chi connectivity index (χ3v) is 5.18. The maximum Gasteiger partial charge on any atom is 0.209 e. The quantitative estimate of drug-likeness (QED) is 0.630. The molecule has 1 aromatic heterocycles. The van der Waals surface area contributed by atoms with Gasteiger partial charge in [0, 0.05) is 35.9 Å². The Morgan fingerprint density at radius 2 is 1.77 bits per heavy atom. The molecule has 0 unspecified atom stereocenters. The maximum atomic E-state index is 5.41. The van der Waals surface area contributed by atoms with E-state index >= 15 is 0 Å². The number of hydrogen-bond donors (Lipinski definition) is 0. The fraction of sp³-hybridized carbons (Fsp3) is 0.238. The lowest BCUT2D eigenvalue weighted by molar-refractivity contribution is 0.122. The number of ether oxygens (including phenoxy) is 1. The molecule has 0 aliphatic carbocycles. The molecule has 2 heterocycles. The van der Waals surface area contributed by atoms with Gasteiger partial charge in [0.05, 0.1) is 18.9 Å². The van der Waals surface area contributed by atoms with Gasteiger partial charge >= 0.3 is 0 Å². The molecule has 1 aliphatic heterocycles. The normalized spacial score (nSPS) is 14.9. The van der Waals surface area contributed by atoms with E-state index in [0.29, 0.717) is 0 Å². The number of aromatic nitrogens is 1. The van der Waals surface area contributed by atoms with Gasteiger partial charge in [-0.15, -0.1) is 11.3 Å². The molecule has 1 aliphatic rings. The van der Waals surface area contributed by atoms with Crippen molar-refractivity contribution in [3.8, 4) is 11.3 Å². The molecule has 0 saturated carbocycles. The van der Waals surface area contributed by atoms with Gasteiger partial charge in [-0.2, -0.15) is 0 Å². The molecule has 3 aromatic rings. The zero-order valence-corrected chi connectivity index (χ0v) is 15.6. The number of hydrogen-bond acceptors (Lipinski definition) is 5. The first-order valence-electron chi connectivity index (χ1n) is 8.77. The number of anilines is 1. The fourth-order valence-corrected chi connectivity index (χ4v) is 3.57. The van der Waals surface area contributed by atoms with Gasteiger partial charge in [0.25, 0.3) is 0 Å². The zero-order valence-electron chi connectivity index (χ0n) is 14.8. The monoisotopic (exact) mass is 363 g/mol. The van der Waals surface area contributed by atoms with Gasteiger partial charge in [0.15, 0.2) is 0 Å². The van der Waals surface area contributed by atoms with Crippen molar-refractivity contribution < 1.29 is 4.74 Å². The summed E-state index contributed by atoms with van der Waals surface area (Å²) in [5.41, 5.74) is 5.67. The van der Waals surface area contributed by atoms with Crippen LogP contribution in [0.2, 0.25) is 0 Å². The van der Waals surface area contributed by atoms with Crippen LogP contribution in [0.25, 0.3) is 11.3 Å². The molecule has 4 rings (SSSR count). The van der Waals surface area contributed by atoms with E-state index in [1.54, 1.807) is 11.3 Å². The Morgan fingerprint density at radius 3 is 2.50 bits per heavy atom. The van der Waals surface area contributed by atoms with Crippen LogP contribution in [-0.4, -0.2) is 37.5 Å². The first-order chi connectivity index (χ1) is 12.8. The summed E-state index contributed by atoms with van der Waals surface area (Å²) in [6.07, 6.45) is 1.86. The SMILES string of the molecule is Cc1ccc(C=Nc2nc(-c3ccc(N4CCOCC4)cc3)cs2)cc1. The van der Waals surface area contributed by atoms with Gasteiger partial charge in [0.2, 0.25) is 5.13 Å². The van der Waals surface area contributed by atoms with E-state index in [9.17, 15) is 0 Å². The molecule has 0 amide bonds. The Kier molecular flexibility index (Phi) is 5.09. The molecule has 2 aromatic carbocycles. The number of thiazole rings is 1. The number of aryl methyl sites for hydroxylation is 1. The molecule has 0 bridgehead atoms. The summed E-state index contributed by atoms with van der Waals surface area (Å²) >= 11 is 1.56. The third-order valence-electron chi connectivity index (χ3n) is 4.43. The number of benzene rings is 2. The second kappa shape index (κ2) is 7.81. The average molecular weight is 363 g/mol. The largest absolute Gasteiger partial charge is 0.378 e. The molecule has 132 valence electrons. The first-order valence-corrected chi connectivity index (χ1v) is 9.65. The van der Waals surface area contributed by atoms with Gasteiger partial charge in [-0.3, -0.25) is 0 Å². The van der Waals surface area contributed by atoms with Crippen LogP contribution in [0.15, 0.2) is 58.9 Å². The molecule has 0 radical (unpaired) electrons. The summed E-state index contributed by atoms with van der Waals surface area (Å²) in [7, 11) is 0. The first kappa shape index (κ1) is 16.9. The molecule has 0 N–H and O–H groups in total. The molecular formula is C21H21N3OS. The summed E-state index contributed by atoms with van der Waals surface area (Å²) < 4.78 is 5.41. The van der Waals surface area contributed by atoms with Gasteiger partial charge in [0.1, 0.15) is 0 Å². The van der Waals surface area contributed by atoms with Crippen LogP contribution in [-0.2, 0) is 4.74 Å². The molecule has 26 heavy (non-hydrogen) atoms. The lowest BCUT2D eigenvalue weighted by Gasteiger charge is -2.28. The minimum absolute atomic E-state index is 0.776. The molecule has 1 fully saturated rings. The zero-order chi connectivity index (χ0) is 17.8. The van der Waals surface area contributed by atoms with E-state index < -0.39 is 0 Å². The van der Waals surface area contributed by atoms with Crippen LogP contribution in [0.4, 0.5) is 10.8 Å². The van der Waals surface area contributed by atoms with Crippen molar-refractivity contribution in [2.24, 2.45) is 4.99 Å². The maximum absolute atomic E-state index is 5.41. The minimum atomic E-state index is 0.776. The predicted octanol–water partition coefficient (Wildman–Crippen LogP) is 4.71. The Balaban J connectivity index is 1.46. The van der Waals surface area contributed by atoms with Gasteiger partial charge in [-0.05, 0) is 24.6 Å². The average Bonchev–Trinajstić information content (AvgIpc) is 3.17. The van der Waals surface area contributed by atoms with Crippen molar-refractivity contribution in [2.75, 3.05) is 31.2 Å². The van der Waals surface area contributed by atoms with Crippen molar-refractivity contribution >= 4 is 28.4 Å². The van der Waals surface area contributed by atoms with Crippen LogP contribution in [0.1, 0.15) is 11.1 Å². The van der Waals surface area contributed by atoms with Crippen LogP contribution < -0.4 is 4.90 Å². The van der Waals surface area contributed by atoms with Crippen molar-refractivity contribution in [2.45, 2.75) is 6.92 Å². The summed E-state index contributed by atoms with van der Waals surface area (Å²) in [5, 5.41) is 2.84. The van der Waals surface area contributed by atoms with Gasteiger partial charge in [-0.1, -0.05) is 42.0 Å². The van der Waals surface area contributed by atoms with Gasteiger partial charge < -0.3 is 9.64 Å². The second-order valence-corrected chi connectivity index (χ2v) is 7.17. The Hall–Kier alpha value is -2.50. The van der Waals surface area contributed by atoms with Crippen LogP contribution in [0, 0.1) is 6.92 Å². The topological polar surface area (TPSA) is 37.7 Å². The highest BCUT2D eigenvalue weighted by Gasteiger charge is 2.11. The van der Waals surface area contributed by atoms with E-state index in [1.807, 2.05) is 6.21 Å². The van der Waals surface area contributed by atoms with Crippen molar-refractivity contribution in [3.63, 3.8) is 0 Å². The second-order valence-electron chi connectivity index (χ2n) is 6.33. The fourth-order valence-electron chi connectivity index (χ4n) is 2.90. The Labute approximate surface area is 157 Å². The van der Waals surface area contributed by atoms with Crippen molar-refractivity contribution in [1.29, 1.82) is 0 Å². The van der Waals surface area contributed by atoms with E-state index in [4.69, 9.17) is 4.74 Å². The van der Waals surface area contributed by atoms with E-state index in [-0.39, 0.29) is 0 Å². The highest BCUT2D eigenvalue weighted by molar-refractivity contribution is 7.13. The van der Waals surface area contributed by atoms with Crippen molar-refractivity contribution in [3.05, 3.63) is 65.0 Å². The third kappa shape index (κ3) is 4.00. The van der Waals surface area contributed by atoms with Gasteiger partial charge in [-0.25, -0.2) is 9.98 Å². The van der Waals surface area contributed by atoms with E-state index in [2.05, 4.69) is 75.7 Å². The standard InChI is InChI=1S/C21H21N3OS/c1-16-2-4-17(5-3-16)14-22-21-23-20(15-26-21)18-6-8-19(9-7-18)24-10-12-25-13-11-24/h2-9,14-15H,10-13H2,1H3. The molecule has 4 nitrogen and oxygen atoms in total. The molecule has 0 spiro atoms. The van der Waals surface area contributed by atoms with E-state index in [1.165, 1.54) is 11.3 Å². The molecule has 1 saturated heterocycles. The Morgan fingerprint density at radius 1 is 1.04 bits per heavy atom. The molecule has 0 atom stereocenters. The summed E-state index contributed by atoms with van der Waals surface area (Å²) in [6.45, 7) is 5.59. The van der Waals surface area contributed by atoms with Crippen LogP contribution >= 0.6 is 11.3 Å². The summed E-state index contributed by atoms with van der Waals surface area (Å²) in [6, 6.07) is 16.9. The highest BCUT2D eigenvalue weighted by atomic mass is 32.1.